The molecule has 1 atom stereocenters. The van der Waals surface area contributed by atoms with Crippen LogP contribution in [-0.2, 0) is 4.79 Å². The predicted octanol–water partition coefficient (Wildman–Crippen LogP) is 1.20. The van der Waals surface area contributed by atoms with Crippen molar-refractivity contribution in [1.29, 1.82) is 0 Å². The number of hydrogen-bond acceptors (Lipinski definition) is 2. The minimum absolute atomic E-state index is 0.494. The number of hydrogen-bond donors (Lipinski definition) is 0. The van der Waals surface area contributed by atoms with E-state index in [1.807, 2.05) is 0 Å². The molecule has 3 aliphatic rings. The van der Waals surface area contributed by atoms with Crippen LogP contribution in [0.3, 0.4) is 0 Å². The third-order valence-electron chi connectivity index (χ3n) is 3.82. The molecule has 2 heteroatoms. The highest BCUT2D eigenvalue weighted by Gasteiger charge is 2.52. The Morgan fingerprint density at radius 1 is 1.42 bits per heavy atom. The molecule has 0 aromatic rings. The van der Waals surface area contributed by atoms with Crippen molar-refractivity contribution < 1.29 is 4.79 Å². The number of ketones is 1. The summed E-state index contributed by atoms with van der Waals surface area (Å²) in [7, 11) is 0. The van der Waals surface area contributed by atoms with E-state index in [9.17, 15) is 4.79 Å². The minimum Gasteiger partial charge on any atom is -0.300 e. The topological polar surface area (TPSA) is 20.3 Å². The van der Waals surface area contributed by atoms with Crippen LogP contribution in [0.1, 0.15) is 32.1 Å². The first-order valence-corrected chi connectivity index (χ1v) is 5.03. The Balaban J connectivity index is 1.77. The van der Waals surface area contributed by atoms with Crippen molar-refractivity contribution in [3.05, 3.63) is 0 Å². The van der Waals surface area contributed by atoms with Gasteiger partial charge in [0.15, 0.2) is 0 Å². The molecule has 2 aliphatic heterocycles. The van der Waals surface area contributed by atoms with E-state index < -0.39 is 0 Å². The summed E-state index contributed by atoms with van der Waals surface area (Å²) in [6, 6.07) is 0.633. The lowest BCUT2D eigenvalue weighted by Gasteiger charge is -2.27. The van der Waals surface area contributed by atoms with Crippen molar-refractivity contribution in [2.75, 3.05) is 13.1 Å². The van der Waals surface area contributed by atoms with Crippen molar-refractivity contribution in [2.45, 2.75) is 38.1 Å². The number of carbonyl (C=O) groups excluding carboxylic acids is 1. The van der Waals surface area contributed by atoms with Crippen LogP contribution in [0.4, 0.5) is 0 Å². The van der Waals surface area contributed by atoms with Gasteiger partial charge in [0.1, 0.15) is 5.78 Å². The fraction of sp³-hybridized carbons (Fsp3) is 0.900. The van der Waals surface area contributed by atoms with Gasteiger partial charge in [-0.05, 0) is 24.7 Å². The molecule has 3 rings (SSSR count). The molecule has 0 aromatic heterocycles. The number of Topliss-reactive ketones (excluding diaryl/α,β-unsaturated/α-hetero) is 1. The van der Waals surface area contributed by atoms with E-state index in [-0.39, 0.29) is 0 Å². The number of fused-ring (bicyclic) bond motifs is 1. The third kappa shape index (κ3) is 0.939. The van der Waals surface area contributed by atoms with Crippen molar-refractivity contribution in [3.63, 3.8) is 0 Å². The quantitative estimate of drug-likeness (QED) is 0.537. The molecule has 0 aromatic carbocycles. The Bertz CT molecular complexity index is 232. The normalized spacial score (nSPS) is 38.7. The van der Waals surface area contributed by atoms with Crippen LogP contribution in [0.15, 0.2) is 0 Å². The smallest absolute Gasteiger partial charge is 0.135 e. The first-order chi connectivity index (χ1) is 5.77. The molecular formula is C10H15NO. The fourth-order valence-electron chi connectivity index (χ4n) is 2.89. The standard InChI is InChI=1S/C10H15NO/c12-9-1-4-11-7-10(2-3-10)6-8(11)5-9/h8H,1-7H2. The molecule has 1 saturated carbocycles. The van der Waals surface area contributed by atoms with Crippen molar-refractivity contribution >= 4 is 5.78 Å². The molecule has 0 bridgehead atoms. The van der Waals surface area contributed by atoms with Gasteiger partial charge in [0, 0.05) is 32.0 Å². The Morgan fingerprint density at radius 2 is 2.25 bits per heavy atom. The summed E-state index contributed by atoms with van der Waals surface area (Å²) in [5.74, 6) is 0.494. The molecule has 2 nitrogen and oxygen atoms in total. The van der Waals surface area contributed by atoms with Crippen LogP contribution >= 0.6 is 0 Å². The molecule has 1 unspecified atom stereocenters. The van der Waals surface area contributed by atoms with Gasteiger partial charge in [0.05, 0.1) is 0 Å². The van der Waals surface area contributed by atoms with Gasteiger partial charge in [-0.2, -0.15) is 0 Å². The van der Waals surface area contributed by atoms with Gasteiger partial charge in [-0.25, -0.2) is 0 Å². The second kappa shape index (κ2) is 2.11. The van der Waals surface area contributed by atoms with E-state index in [4.69, 9.17) is 0 Å². The Labute approximate surface area is 72.9 Å². The highest BCUT2D eigenvalue weighted by molar-refractivity contribution is 5.80. The molecular weight excluding hydrogens is 150 g/mol. The predicted molar refractivity (Wildman–Crippen MR) is 45.9 cm³/mol. The van der Waals surface area contributed by atoms with E-state index >= 15 is 0 Å². The molecule has 66 valence electrons. The lowest BCUT2D eigenvalue weighted by Crippen LogP contribution is -2.38. The molecule has 0 radical (unpaired) electrons. The first-order valence-electron chi connectivity index (χ1n) is 5.03. The second-order valence-electron chi connectivity index (χ2n) is 4.82. The summed E-state index contributed by atoms with van der Waals surface area (Å²) < 4.78 is 0. The molecule has 0 amide bonds. The van der Waals surface area contributed by atoms with Gasteiger partial charge in [-0.3, -0.25) is 9.69 Å². The third-order valence-corrected chi connectivity index (χ3v) is 3.82. The molecule has 3 fully saturated rings. The van der Waals surface area contributed by atoms with Crippen LogP contribution in [0.5, 0.6) is 0 Å². The monoisotopic (exact) mass is 165 g/mol. The Morgan fingerprint density at radius 3 is 3.00 bits per heavy atom. The average molecular weight is 165 g/mol. The summed E-state index contributed by atoms with van der Waals surface area (Å²) in [5.41, 5.74) is 0.690. The van der Waals surface area contributed by atoms with E-state index in [0.29, 0.717) is 17.2 Å². The lowest BCUT2D eigenvalue weighted by molar-refractivity contribution is -0.122. The van der Waals surface area contributed by atoms with Gasteiger partial charge in [0.2, 0.25) is 0 Å². The van der Waals surface area contributed by atoms with E-state index in [1.165, 1.54) is 25.8 Å². The second-order valence-corrected chi connectivity index (χ2v) is 4.82. The molecule has 1 spiro atoms. The minimum atomic E-state index is 0.494. The number of piperidine rings is 1. The maximum Gasteiger partial charge on any atom is 0.135 e. The van der Waals surface area contributed by atoms with Gasteiger partial charge in [-0.1, -0.05) is 0 Å². The summed E-state index contributed by atoms with van der Waals surface area (Å²) in [5, 5.41) is 0. The van der Waals surface area contributed by atoms with Crippen LogP contribution in [0, 0.1) is 5.41 Å². The SMILES string of the molecule is O=C1CCN2CC3(CC3)CC2C1. The summed E-state index contributed by atoms with van der Waals surface area (Å²) in [6.45, 7) is 2.34. The van der Waals surface area contributed by atoms with Gasteiger partial charge < -0.3 is 0 Å². The van der Waals surface area contributed by atoms with Gasteiger partial charge in [-0.15, -0.1) is 0 Å². The highest BCUT2D eigenvalue weighted by atomic mass is 16.1. The maximum atomic E-state index is 11.2. The van der Waals surface area contributed by atoms with Crippen molar-refractivity contribution in [3.8, 4) is 0 Å². The highest BCUT2D eigenvalue weighted by Crippen LogP contribution is 2.55. The molecule has 0 N–H and O–H groups in total. The first kappa shape index (κ1) is 7.07. The largest absolute Gasteiger partial charge is 0.300 e. The molecule has 2 heterocycles. The molecule has 1 aliphatic carbocycles. The zero-order chi connectivity index (χ0) is 8.18. The molecule has 2 saturated heterocycles. The zero-order valence-electron chi connectivity index (χ0n) is 7.38. The zero-order valence-corrected chi connectivity index (χ0v) is 7.38. The van der Waals surface area contributed by atoms with Crippen LogP contribution in [-0.4, -0.2) is 29.8 Å². The van der Waals surface area contributed by atoms with E-state index in [1.54, 1.807) is 0 Å². The van der Waals surface area contributed by atoms with Crippen LogP contribution in [0.2, 0.25) is 0 Å². The summed E-state index contributed by atoms with van der Waals surface area (Å²) >= 11 is 0. The Kier molecular flexibility index (Phi) is 1.24. The summed E-state index contributed by atoms with van der Waals surface area (Å²) in [6.07, 6.45) is 5.83. The number of carbonyl (C=O) groups is 1. The van der Waals surface area contributed by atoms with Crippen LogP contribution in [0.25, 0.3) is 0 Å². The Hall–Kier alpha value is -0.370. The lowest BCUT2D eigenvalue weighted by atomic mass is 9.97. The van der Waals surface area contributed by atoms with E-state index in [2.05, 4.69) is 4.90 Å². The van der Waals surface area contributed by atoms with Gasteiger partial charge in [0.25, 0.3) is 0 Å². The molecule has 12 heavy (non-hydrogen) atoms. The average Bonchev–Trinajstić information content (AvgIpc) is 2.63. The van der Waals surface area contributed by atoms with Crippen LogP contribution < -0.4 is 0 Å². The van der Waals surface area contributed by atoms with Crippen molar-refractivity contribution in [1.82, 2.24) is 4.90 Å². The van der Waals surface area contributed by atoms with Crippen molar-refractivity contribution in [2.24, 2.45) is 5.41 Å². The fourth-order valence-corrected chi connectivity index (χ4v) is 2.89. The number of nitrogens with zero attached hydrogens (tertiary/aromatic N) is 1. The summed E-state index contributed by atoms with van der Waals surface area (Å²) in [4.78, 5) is 13.8. The van der Waals surface area contributed by atoms with Gasteiger partial charge >= 0.3 is 0 Å². The maximum absolute atomic E-state index is 11.2. The number of rotatable bonds is 0. The van der Waals surface area contributed by atoms with E-state index in [0.717, 1.165) is 19.4 Å².